The van der Waals surface area contributed by atoms with Crippen molar-refractivity contribution in [2.24, 2.45) is 0 Å². The topological polar surface area (TPSA) is 63.6 Å². The Balaban J connectivity index is 1.59. The summed E-state index contributed by atoms with van der Waals surface area (Å²) in [5, 5.41) is 4.46. The van der Waals surface area contributed by atoms with Gasteiger partial charge in [-0.3, -0.25) is 0 Å². The van der Waals surface area contributed by atoms with E-state index in [1.807, 2.05) is 24.3 Å². The molecule has 0 aliphatic carbocycles. The van der Waals surface area contributed by atoms with Gasteiger partial charge in [-0.25, -0.2) is 19.9 Å². The fraction of sp³-hybridized carbons (Fsp3) is 0.111. The zero-order valence-corrected chi connectivity index (χ0v) is 15.6. The van der Waals surface area contributed by atoms with Crippen molar-refractivity contribution >= 4 is 44.8 Å². The van der Waals surface area contributed by atoms with Gasteiger partial charge in [0.1, 0.15) is 22.4 Å². The second-order valence-electron chi connectivity index (χ2n) is 5.84. The number of hydrogen-bond donors (Lipinski definition) is 1. The predicted molar refractivity (Wildman–Crippen MR) is 102 cm³/mol. The first kappa shape index (κ1) is 18.6. The number of hydrogen-bond acceptors (Lipinski definition) is 6. The van der Waals surface area contributed by atoms with Gasteiger partial charge in [0.05, 0.1) is 16.9 Å². The third-order valence-corrected chi connectivity index (χ3v) is 5.04. The Kier molecular flexibility index (Phi) is 4.86. The molecule has 0 spiro atoms. The average molecular weight is 422 g/mol. The molecule has 3 aromatic heterocycles. The van der Waals surface area contributed by atoms with Gasteiger partial charge in [0.2, 0.25) is 0 Å². The van der Waals surface area contributed by atoms with Crippen LogP contribution in [0.5, 0.6) is 0 Å². The van der Waals surface area contributed by atoms with Gasteiger partial charge in [-0.1, -0.05) is 35.1 Å². The van der Waals surface area contributed by atoms with Gasteiger partial charge in [0.25, 0.3) is 0 Å². The van der Waals surface area contributed by atoms with Crippen LogP contribution >= 0.6 is 22.9 Å². The molecule has 0 aliphatic rings. The molecular weight excluding hydrogens is 411 g/mol. The van der Waals surface area contributed by atoms with E-state index < -0.39 is 11.9 Å². The summed E-state index contributed by atoms with van der Waals surface area (Å²) in [4.78, 5) is 17.1. The van der Waals surface area contributed by atoms with Gasteiger partial charge in [0.15, 0.2) is 5.82 Å². The van der Waals surface area contributed by atoms with Crippen molar-refractivity contribution in [2.45, 2.75) is 12.6 Å². The number of nitrogens with one attached hydrogen (secondary N) is 1. The lowest BCUT2D eigenvalue weighted by atomic mass is 10.2. The lowest BCUT2D eigenvalue weighted by Crippen LogP contribution is -2.07. The lowest BCUT2D eigenvalue weighted by Gasteiger charge is -2.08. The van der Waals surface area contributed by atoms with Crippen LogP contribution in [0.4, 0.5) is 24.7 Å². The SMILES string of the molecule is FC(F)(F)c1ccc(Nc2ncnc3sc(Cc4ccc(Cl)cc4)nc23)cn1. The van der Waals surface area contributed by atoms with Gasteiger partial charge in [-0.15, -0.1) is 0 Å². The van der Waals surface area contributed by atoms with E-state index in [2.05, 4.69) is 25.3 Å². The molecular formula is C18H11ClF3N5S. The maximum Gasteiger partial charge on any atom is 0.433 e. The van der Waals surface area contributed by atoms with E-state index in [-0.39, 0.29) is 0 Å². The summed E-state index contributed by atoms with van der Waals surface area (Å²) >= 11 is 7.33. The molecule has 0 aliphatic heterocycles. The summed E-state index contributed by atoms with van der Waals surface area (Å²) in [6.07, 6.45) is -1.38. The Morgan fingerprint density at radius 2 is 1.79 bits per heavy atom. The molecule has 5 nitrogen and oxygen atoms in total. The van der Waals surface area contributed by atoms with Crippen molar-refractivity contribution in [1.29, 1.82) is 0 Å². The fourth-order valence-corrected chi connectivity index (χ4v) is 3.58. The molecule has 0 bridgehead atoms. The zero-order chi connectivity index (χ0) is 19.7. The molecule has 142 valence electrons. The van der Waals surface area contributed by atoms with E-state index in [9.17, 15) is 13.2 Å². The number of fused-ring (bicyclic) bond motifs is 1. The molecule has 4 aromatic rings. The van der Waals surface area contributed by atoms with Gasteiger partial charge in [-0.05, 0) is 29.8 Å². The van der Waals surface area contributed by atoms with Crippen LogP contribution in [0.3, 0.4) is 0 Å². The first-order chi connectivity index (χ1) is 13.4. The summed E-state index contributed by atoms with van der Waals surface area (Å²) in [5.74, 6) is 0.408. The minimum Gasteiger partial charge on any atom is -0.337 e. The monoisotopic (exact) mass is 421 g/mol. The number of alkyl halides is 3. The highest BCUT2D eigenvalue weighted by atomic mass is 35.5. The highest BCUT2D eigenvalue weighted by Crippen LogP contribution is 2.30. The van der Waals surface area contributed by atoms with E-state index in [1.54, 1.807) is 0 Å². The van der Waals surface area contributed by atoms with Gasteiger partial charge >= 0.3 is 6.18 Å². The van der Waals surface area contributed by atoms with Crippen LogP contribution in [0, 0.1) is 0 Å². The molecule has 1 N–H and O–H groups in total. The van der Waals surface area contributed by atoms with Gasteiger partial charge in [-0.2, -0.15) is 13.2 Å². The van der Waals surface area contributed by atoms with Crippen LogP contribution in [0.25, 0.3) is 10.3 Å². The average Bonchev–Trinajstić information content (AvgIpc) is 3.07. The minimum absolute atomic E-state index is 0.375. The second kappa shape index (κ2) is 7.33. The zero-order valence-electron chi connectivity index (χ0n) is 14.0. The second-order valence-corrected chi connectivity index (χ2v) is 7.34. The molecule has 0 amide bonds. The quantitative estimate of drug-likeness (QED) is 0.472. The van der Waals surface area contributed by atoms with Crippen LogP contribution < -0.4 is 5.32 Å². The molecule has 0 radical (unpaired) electrons. The lowest BCUT2D eigenvalue weighted by molar-refractivity contribution is -0.141. The normalized spacial score (nSPS) is 11.7. The third-order valence-electron chi connectivity index (χ3n) is 3.82. The Morgan fingerprint density at radius 3 is 2.46 bits per heavy atom. The smallest absolute Gasteiger partial charge is 0.337 e. The molecule has 0 atom stereocenters. The first-order valence-corrected chi connectivity index (χ1v) is 9.23. The molecule has 4 rings (SSSR count). The maximum absolute atomic E-state index is 12.6. The molecule has 3 heterocycles. The molecule has 0 saturated carbocycles. The highest BCUT2D eigenvalue weighted by Gasteiger charge is 2.32. The first-order valence-electron chi connectivity index (χ1n) is 8.03. The molecule has 0 fully saturated rings. The van der Waals surface area contributed by atoms with E-state index in [0.717, 1.165) is 22.8 Å². The molecule has 28 heavy (non-hydrogen) atoms. The molecule has 10 heteroatoms. The Morgan fingerprint density at radius 1 is 1.00 bits per heavy atom. The summed E-state index contributed by atoms with van der Waals surface area (Å²) < 4.78 is 37.9. The van der Waals surface area contributed by atoms with Crippen molar-refractivity contribution in [3.8, 4) is 0 Å². The van der Waals surface area contributed by atoms with E-state index in [0.29, 0.717) is 33.3 Å². The summed E-state index contributed by atoms with van der Waals surface area (Å²) in [6.45, 7) is 0. The molecule has 0 unspecified atom stereocenters. The van der Waals surface area contributed by atoms with Crippen LogP contribution in [0.15, 0.2) is 48.9 Å². The molecule has 1 aromatic carbocycles. The predicted octanol–water partition coefficient (Wildman–Crippen LogP) is 5.49. The van der Waals surface area contributed by atoms with Crippen molar-refractivity contribution < 1.29 is 13.2 Å². The summed E-state index contributed by atoms with van der Waals surface area (Å²) in [7, 11) is 0. The van der Waals surface area contributed by atoms with Crippen molar-refractivity contribution in [3.63, 3.8) is 0 Å². The number of halogens is 4. The van der Waals surface area contributed by atoms with E-state index in [1.165, 1.54) is 23.7 Å². The van der Waals surface area contributed by atoms with Crippen LogP contribution in [0.1, 0.15) is 16.3 Å². The van der Waals surface area contributed by atoms with Gasteiger partial charge < -0.3 is 5.32 Å². The highest BCUT2D eigenvalue weighted by molar-refractivity contribution is 7.18. The minimum atomic E-state index is -4.48. The van der Waals surface area contributed by atoms with Crippen molar-refractivity contribution in [2.75, 3.05) is 5.32 Å². The van der Waals surface area contributed by atoms with E-state index in [4.69, 9.17) is 11.6 Å². The summed E-state index contributed by atoms with van der Waals surface area (Å²) in [5.41, 5.74) is 1.03. The Bertz CT molecular complexity index is 1110. The Labute approximate surface area is 166 Å². The fourth-order valence-electron chi connectivity index (χ4n) is 2.51. The Hall–Kier alpha value is -2.78. The molecule has 0 saturated heterocycles. The van der Waals surface area contributed by atoms with Crippen LogP contribution in [-0.2, 0) is 12.6 Å². The van der Waals surface area contributed by atoms with Crippen molar-refractivity contribution in [1.82, 2.24) is 19.9 Å². The van der Waals surface area contributed by atoms with Gasteiger partial charge in [0, 0.05) is 11.4 Å². The summed E-state index contributed by atoms with van der Waals surface area (Å²) in [6, 6.07) is 9.68. The van der Waals surface area contributed by atoms with Crippen LogP contribution in [-0.4, -0.2) is 19.9 Å². The number of nitrogens with zero attached hydrogens (tertiary/aromatic N) is 4. The largest absolute Gasteiger partial charge is 0.433 e. The number of anilines is 2. The maximum atomic E-state index is 12.6. The van der Waals surface area contributed by atoms with E-state index >= 15 is 0 Å². The van der Waals surface area contributed by atoms with Crippen LogP contribution in [0.2, 0.25) is 5.02 Å². The number of thiazole rings is 1. The van der Waals surface area contributed by atoms with Crippen molar-refractivity contribution in [3.05, 3.63) is 70.2 Å². The number of pyridine rings is 1. The number of rotatable bonds is 4. The number of benzene rings is 1. The number of aromatic nitrogens is 4. The third kappa shape index (κ3) is 4.05. The standard InChI is InChI=1S/C18H11ClF3N5S/c19-11-3-1-10(2-4-11)7-14-27-15-16(24-9-25-17(15)28-14)26-12-5-6-13(23-8-12)18(20,21)22/h1-6,8-9H,7H2,(H,24,25,26).